The van der Waals surface area contributed by atoms with Crippen LogP contribution in [0.4, 0.5) is 4.79 Å². The van der Waals surface area contributed by atoms with Crippen LogP contribution in [0.1, 0.15) is 46.0 Å². The normalized spacial score (nSPS) is 19.2. The second kappa shape index (κ2) is 7.47. The molecule has 0 aromatic carbocycles. The predicted molar refractivity (Wildman–Crippen MR) is 75.2 cm³/mol. The van der Waals surface area contributed by atoms with Crippen LogP contribution < -0.4 is 10.6 Å². The van der Waals surface area contributed by atoms with E-state index in [0.717, 1.165) is 19.3 Å². The molecule has 1 atom stereocenters. The molecule has 0 aromatic rings. The molecule has 0 aliphatic heterocycles. The van der Waals surface area contributed by atoms with Crippen molar-refractivity contribution in [3.8, 4) is 0 Å². The molecule has 116 valence electrons. The van der Waals surface area contributed by atoms with Gasteiger partial charge in [-0.2, -0.15) is 0 Å². The van der Waals surface area contributed by atoms with Gasteiger partial charge in [-0.1, -0.05) is 33.1 Å². The summed E-state index contributed by atoms with van der Waals surface area (Å²) in [5, 5.41) is 15.6. The molecule has 1 aliphatic carbocycles. The molecule has 2 amide bonds. The lowest BCUT2D eigenvalue weighted by atomic mass is 9.85. The highest BCUT2D eigenvalue weighted by Crippen LogP contribution is 2.27. The number of carbonyl (C=O) groups excluding carboxylic acids is 2. The van der Waals surface area contributed by atoms with Gasteiger partial charge >= 0.3 is 6.09 Å². The summed E-state index contributed by atoms with van der Waals surface area (Å²) in [5.41, 5.74) is -0.805. The standard InChI is InChI=1S/C14H26N2O4/c1-10(2)11(16-13(18)20-3)12(17)15-9-14(19)7-5-4-6-8-14/h10-11,19H,4-9H2,1-3H3,(H,15,17)(H,16,18)/t11-/m1/s1. The zero-order chi connectivity index (χ0) is 15.2. The third-order valence-electron chi connectivity index (χ3n) is 3.78. The smallest absolute Gasteiger partial charge is 0.407 e. The molecule has 1 fully saturated rings. The fraction of sp³-hybridized carbons (Fsp3) is 0.857. The lowest BCUT2D eigenvalue weighted by Crippen LogP contribution is -2.53. The summed E-state index contributed by atoms with van der Waals surface area (Å²) in [5.74, 6) is -0.348. The van der Waals surface area contributed by atoms with Crippen LogP contribution >= 0.6 is 0 Å². The molecule has 0 aromatic heterocycles. The molecule has 20 heavy (non-hydrogen) atoms. The number of amides is 2. The van der Waals surface area contributed by atoms with Gasteiger partial charge in [-0.15, -0.1) is 0 Å². The van der Waals surface area contributed by atoms with Crippen LogP contribution in [0, 0.1) is 5.92 Å². The predicted octanol–water partition coefficient (Wildman–Crippen LogP) is 1.18. The molecule has 0 spiro atoms. The van der Waals surface area contributed by atoms with Gasteiger partial charge in [-0.05, 0) is 18.8 Å². The molecular formula is C14H26N2O4. The minimum Gasteiger partial charge on any atom is -0.453 e. The molecule has 1 rings (SSSR count). The summed E-state index contributed by atoms with van der Waals surface area (Å²) < 4.78 is 4.52. The molecule has 0 bridgehead atoms. The zero-order valence-corrected chi connectivity index (χ0v) is 12.6. The molecule has 1 saturated carbocycles. The van der Waals surface area contributed by atoms with E-state index in [4.69, 9.17) is 0 Å². The van der Waals surface area contributed by atoms with Crippen molar-refractivity contribution >= 4 is 12.0 Å². The van der Waals surface area contributed by atoms with Crippen LogP contribution in [0.2, 0.25) is 0 Å². The van der Waals surface area contributed by atoms with Crippen molar-refractivity contribution in [3.05, 3.63) is 0 Å². The molecule has 0 saturated heterocycles. The van der Waals surface area contributed by atoms with Gasteiger partial charge < -0.3 is 20.5 Å². The number of methoxy groups -OCH3 is 1. The van der Waals surface area contributed by atoms with Crippen molar-refractivity contribution in [2.45, 2.75) is 57.6 Å². The highest BCUT2D eigenvalue weighted by Gasteiger charge is 2.31. The Labute approximate surface area is 120 Å². The van der Waals surface area contributed by atoms with E-state index in [1.165, 1.54) is 7.11 Å². The second-order valence-corrected chi connectivity index (χ2v) is 5.86. The van der Waals surface area contributed by atoms with Crippen LogP contribution in [0.25, 0.3) is 0 Å². The van der Waals surface area contributed by atoms with E-state index in [0.29, 0.717) is 12.8 Å². The topological polar surface area (TPSA) is 87.7 Å². The Morgan fingerprint density at radius 2 is 1.85 bits per heavy atom. The number of rotatable bonds is 5. The highest BCUT2D eigenvalue weighted by atomic mass is 16.5. The van der Waals surface area contributed by atoms with Gasteiger partial charge in [0.05, 0.1) is 12.7 Å². The molecule has 3 N–H and O–H groups in total. The van der Waals surface area contributed by atoms with Gasteiger partial charge in [0.1, 0.15) is 6.04 Å². The van der Waals surface area contributed by atoms with E-state index in [2.05, 4.69) is 15.4 Å². The molecule has 6 nitrogen and oxygen atoms in total. The fourth-order valence-electron chi connectivity index (χ4n) is 2.47. The average molecular weight is 286 g/mol. The monoisotopic (exact) mass is 286 g/mol. The maximum atomic E-state index is 12.1. The van der Waals surface area contributed by atoms with Crippen molar-refractivity contribution in [1.29, 1.82) is 0 Å². The van der Waals surface area contributed by atoms with Crippen LogP contribution in [0.3, 0.4) is 0 Å². The molecule has 1 aliphatic rings. The van der Waals surface area contributed by atoms with Crippen molar-refractivity contribution in [1.82, 2.24) is 10.6 Å². The van der Waals surface area contributed by atoms with Crippen molar-refractivity contribution in [2.24, 2.45) is 5.92 Å². The summed E-state index contributed by atoms with van der Waals surface area (Å²) in [4.78, 5) is 23.4. The van der Waals surface area contributed by atoms with E-state index in [-0.39, 0.29) is 18.4 Å². The first-order chi connectivity index (χ1) is 9.38. The summed E-state index contributed by atoms with van der Waals surface area (Å²) in [6, 6.07) is -0.658. The van der Waals surface area contributed by atoms with E-state index < -0.39 is 17.7 Å². The number of aliphatic hydroxyl groups is 1. The van der Waals surface area contributed by atoms with E-state index in [9.17, 15) is 14.7 Å². The Hall–Kier alpha value is -1.30. The van der Waals surface area contributed by atoms with Crippen LogP contribution in [0.5, 0.6) is 0 Å². The minimum atomic E-state index is -0.805. The average Bonchev–Trinajstić information content (AvgIpc) is 2.42. The lowest BCUT2D eigenvalue weighted by molar-refractivity contribution is -0.125. The number of nitrogens with one attached hydrogen (secondary N) is 2. The number of hydrogen-bond acceptors (Lipinski definition) is 4. The maximum Gasteiger partial charge on any atom is 0.407 e. The van der Waals surface area contributed by atoms with Gasteiger partial charge in [-0.3, -0.25) is 4.79 Å². The molecule has 0 radical (unpaired) electrons. The van der Waals surface area contributed by atoms with Gasteiger partial charge in [0.2, 0.25) is 5.91 Å². The van der Waals surface area contributed by atoms with E-state index in [1.807, 2.05) is 13.8 Å². The number of hydrogen-bond donors (Lipinski definition) is 3. The number of ether oxygens (including phenoxy) is 1. The largest absolute Gasteiger partial charge is 0.453 e. The zero-order valence-electron chi connectivity index (χ0n) is 12.6. The van der Waals surface area contributed by atoms with Crippen LogP contribution in [0.15, 0.2) is 0 Å². The Morgan fingerprint density at radius 3 is 2.35 bits per heavy atom. The van der Waals surface area contributed by atoms with Crippen molar-refractivity contribution < 1.29 is 19.4 Å². The summed E-state index contributed by atoms with van der Waals surface area (Å²) >= 11 is 0. The Balaban J connectivity index is 2.51. The highest BCUT2D eigenvalue weighted by molar-refractivity contribution is 5.85. The fourth-order valence-corrected chi connectivity index (χ4v) is 2.47. The van der Waals surface area contributed by atoms with Crippen LogP contribution in [-0.2, 0) is 9.53 Å². The number of carbonyl (C=O) groups is 2. The Kier molecular flexibility index (Phi) is 6.26. The van der Waals surface area contributed by atoms with Crippen LogP contribution in [-0.4, -0.2) is 42.4 Å². The summed E-state index contributed by atoms with van der Waals surface area (Å²) in [7, 11) is 1.26. The van der Waals surface area contributed by atoms with E-state index >= 15 is 0 Å². The Bertz CT molecular complexity index is 338. The maximum absolute atomic E-state index is 12.1. The third kappa shape index (κ3) is 5.00. The second-order valence-electron chi connectivity index (χ2n) is 5.86. The molecule has 6 heteroatoms. The first-order valence-electron chi connectivity index (χ1n) is 7.22. The molecule has 0 heterocycles. The third-order valence-corrected chi connectivity index (χ3v) is 3.78. The Morgan fingerprint density at radius 1 is 1.25 bits per heavy atom. The van der Waals surface area contributed by atoms with E-state index in [1.54, 1.807) is 0 Å². The van der Waals surface area contributed by atoms with Gasteiger partial charge in [0.15, 0.2) is 0 Å². The van der Waals surface area contributed by atoms with Crippen molar-refractivity contribution in [2.75, 3.05) is 13.7 Å². The molecule has 0 unspecified atom stereocenters. The minimum absolute atomic E-state index is 0.0601. The van der Waals surface area contributed by atoms with Gasteiger partial charge in [0.25, 0.3) is 0 Å². The summed E-state index contributed by atoms with van der Waals surface area (Å²) in [6.07, 6.45) is 3.90. The summed E-state index contributed by atoms with van der Waals surface area (Å²) in [6.45, 7) is 3.92. The lowest BCUT2D eigenvalue weighted by Gasteiger charge is -2.33. The first-order valence-corrected chi connectivity index (χ1v) is 7.22. The van der Waals surface area contributed by atoms with Crippen molar-refractivity contribution in [3.63, 3.8) is 0 Å². The number of alkyl carbamates (subject to hydrolysis) is 1. The van der Waals surface area contributed by atoms with Gasteiger partial charge in [-0.25, -0.2) is 4.79 Å². The SMILES string of the molecule is COC(=O)N[C@@H](C(=O)NCC1(O)CCCCC1)C(C)C. The molecular weight excluding hydrogens is 260 g/mol. The first kappa shape index (κ1) is 16.8. The quantitative estimate of drug-likeness (QED) is 0.708. The van der Waals surface area contributed by atoms with Gasteiger partial charge in [0, 0.05) is 6.54 Å².